The molecule has 2 aromatic carbocycles. The van der Waals surface area contributed by atoms with Crippen molar-refractivity contribution in [3.63, 3.8) is 0 Å². The molecule has 0 aromatic heterocycles. The van der Waals surface area contributed by atoms with Gasteiger partial charge in [0.25, 0.3) is 5.91 Å². The lowest BCUT2D eigenvalue weighted by Crippen LogP contribution is -2.28. The van der Waals surface area contributed by atoms with Gasteiger partial charge in [0.15, 0.2) is 5.96 Å². The Kier molecular flexibility index (Phi) is 7.28. The molecule has 0 radical (unpaired) electrons. The van der Waals surface area contributed by atoms with Crippen LogP contribution in [-0.4, -0.2) is 39.2 Å². The van der Waals surface area contributed by atoms with Gasteiger partial charge in [-0.2, -0.15) is 0 Å². The molecule has 0 aliphatic carbocycles. The lowest BCUT2D eigenvalue weighted by atomic mass is 10.2. The van der Waals surface area contributed by atoms with Gasteiger partial charge in [-0.25, -0.2) is 0 Å². The Morgan fingerprint density at radius 2 is 2.00 bits per heavy atom. The van der Waals surface area contributed by atoms with Crippen molar-refractivity contribution in [1.29, 1.82) is 0 Å². The third-order valence-electron chi connectivity index (χ3n) is 3.44. The average molecular weight is 421 g/mol. The zero-order chi connectivity index (χ0) is 18.9. The first-order valence-electron chi connectivity index (χ1n) is 7.86. The maximum atomic E-state index is 12.0. The van der Waals surface area contributed by atoms with Crippen molar-refractivity contribution in [2.75, 3.05) is 32.6 Å². The molecule has 4 N–H and O–H groups in total. The number of nitrogens with one attached hydrogen (secondary N) is 2. The highest BCUT2D eigenvalue weighted by atomic mass is 79.9. The summed E-state index contributed by atoms with van der Waals surface area (Å²) >= 11 is 3.34. The fraction of sp³-hybridized carbons (Fsp3) is 0.222. The van der Waals surface area contributed by atoms with Gasteiger partial charge < -0.3 is 25.8 Å². The molecule has 0 fully saturated rings. The number of methoxy groups -OCH3 is 2. The maximum absolute atomic E-state index is 12.0. The molecular formula is C18H21BrN4O3. The van der Waals surface area contributed by atoms with Crippen molar-refractivity contribution < 1.29 is 14.3 Å². The highest BCUT2D eigenvalue weighted by molar-refractivity contribution is 9.10. The number of carbonyl (C=O) groups excluding carboxylic acids is 1. The third-order valence-corrected chi connectivity index (χ3v) is 3.93. The predicted molar refractivity (Wildman–Crippen MR) is 106 cm³/mol. The van der Waals surface area contributed by atoms with Crippen molar-refractivity contribution in [3.05, 3.63) is 52.5 Å². The highest BCUT2D eigenvalue weighted by Crippen LogP contribution is 2.28. The molecule has 0 aliphatic heterocycles. The second-order valence-corrected chi connectivity index (χ2v) is 6.14. The first-order chi connectivity index (χ1) is 12.5. The molecule has 7 nitrogen and oxygen atoms in total. The van der Waals surface area contributed by atoms with Crippen LogP contribution in [0.1, 0.15) is 10.4 Å². The van der Waals surface area contributed by atoms with Crippen molar-refractivity contribution in [2.24, 2.45) is 10.7 Å². The van der Waals surface area contributed by atoms with E-state index in [9.17, 15) is 4.79 Å². The second kappa shape index (κ2) is 9.67. The largest absolute Gasteiger partial charge is 0.497 e. The Labute approximate surface area is 160 Å². The minimum absolute atomic E-state index is 0.164. The van der Waals surface area contributed by atoms with Crippen LogP contribution in [0.15, 0.2) is 51.9 Å². The molecule has 26 heavy (non-hydrogen) atoms. The lowest BCUT2D eigenvalue weighted by Gasteiger charge is -2.12. The number of nitrogens with two attached hydrogens (primary N) is 1. The first-order valence-corrected chi connectivity index (χ1v) is 8.65. The van der Waals surface area contributed by atoms with E-state index in [-0.39, 0.29) is 11.9 Å². The van der Waals surface area contributed by atoms with Crippen molar-refractivity contribution >= 4 is 33.5 Å². The summed E-state index contributed by atoms with van der Waals surface area (Å²) in [6.45, 7) is 0.702. The number of ether oxygens (including phenoxy) is 2. The van der Waals surface area contributed by atoms with E-state index in [1.54, 1.807) is 50.6 Å². The minimum Gasteiger partial charge on any atom is -0.497 e. The summed E-state index contributed by atoms with van der Waals surface area (Å²) in [6.07, 6.45) is 0. The van der Waals surface area contributed by atoms with Crippen LogP contribution in [0.5, 0.6) is 11.5 Å². The van der Waals surface area contributed by atoms with E-state index in [1.165, 1.54) is 0 Å². The van der Waals surface area contributed by atoms with Crippen LogP contribution in [0, 0.1) is 0 Å². The van der Waals surface area contributed by atoms with E-state index in [1.807, 2.05) is 6.07 Å². The number of hydrogen-bond donors (Lipinski definition) is 3. The number of rotatable bonds is 7. The summed E-state index contributed by atoms with van der Waals surface area (Å²) < 4.78 is 11.3. The Bertz CT molecular complexity index is 796. The van der Waals surface area contributed by atoms with Gasteiger partial charge in [-0.15, -0.1) is 0 Å². The topological polar surface area (TPSA) is 98.0 Å². The van der Waals surface area contributed by atoms with Crippen LogP contribution in [0.4, 0.5) is 5.69 Å². The SMILES string of the molecule is COc1ccc(OC)c(NC(N)=NCCNC(=O)c2cccc(Br)c2)c1. The smallest absolute Gasteiger partial charge is 0.251 e. The fourth-order valence-corrected chi connectivity index (χ4v) is 2.57. The lowest BCUT2D eigenvalue weighted by molar-refractivity contribution is 0.0954. The normalized spacial score (nSPS) is 11.0. The number of nitrogens with zero attached hydrogens (tertiary/aromatic N) is 1. The van der Waals surface area contributed by atoms with Gasteiger partial charge in [0.05, 0.1) is 26.5 Å². The molecule has 0 aliphatic rings. The number of guanidine groups is 1. The number of benzene rings is 2. The summed E-state index contributed by atoms with van der Waals surface area (Å²) in [5, 5.41) is 5.76. The number of amides is 1. The monoisotopic (exact) mass is 420 g/mol. The molecule has 2 rings (SSSR count). The molecule has 2 aromatic rings. The summed E-state index contributed by atoms with van der Waals surface area (Å²) in [7, 11) is 3.15. The summed E-state index contributed by atoms with van der Waals surface area (Å²) in [6, 6.07) is 12.5. The van der Waals surface area contributed by atoms with Gasteiger partial charge in [0.1, 0.15) is 11.5 Å². The van der Waals surface area contributed by atoms with E-state index in [0.29, 0.717) is 35.8 Å². The Morgan fingerprint density at radius 3 is 2.69 bits per heavy atom. The van der Waals surface area contributed by atoms with Crippen molar-refractivity contribution in [1.82, 2.24) is 5.32 Å². The van der Waals surface area contributed by atoms with E-state index < -0.39 is 0 Å². The van der Waals surface area contributed by atoms with Gasteiger partial charge in [-0.1, -0.05) is 22.0 Å². The zero-order valence-corrected chi connectivity index (χ0v) is 16.2. The molecule has 0 saturated carbocycles. The minimum atomic E-state index is -0.164. The zero-order valence-electron chi connectivity index (χ0n) is 14.6. The Hall–Kier alpha value is -2.74. The molecule has 0 atom stereocenters. The molecule has 0 unspecified atom stereocenters. The first kappa shape index (κ1) is 19.6. The Balaban J connectivity index is 1.88. The highest BCUT2D eigenvalue weighted by Gasteiger charge is 2.07. The molecule has 0 saturated heterocycles. The van der Waals surface area contributed by atoms with E-state index in [0.717, 1.165) is 4.47 Å². The molecule has 0 spiro atoms. The van der Waals surface area contributed by atoms with Crippen molar-refractivity contribution in [3.8, 4) is 11.5 Å². The van der Waals surface area contributed by atoms with Crippen LogP contribution < -0.4 is 25.8 Å². The van der Waals surface area contributed by atoms with E-state index >= 15 is 0 Å². The van der Waals surface area contributed by atoms with Crippen molar-refractivity contribution in [2.45, 2.75) is 0 Å². The second-order valence-electron chi connectivity index (χ2n) is 5.22. The number of anilines is 1. The van der Waals surface area contributed by atoms with Gasteiger partial charge in [0.2, 0.25) is 0 Å². The van der Waals surface area contributed by atoms with Crippen LogP contribution in [0.25, 0.3) is 0 Å². The van der Waals surface area contributed by atoms with E-state index in [2.05, 4.69) is 31.6 Å². The van der Waals surface area contributed by atoms with Gasteiger partial charge in [0, 0.05) is 22.6 Å². The predicted octanol–water partition coefficient (Wildman–Crippen LogP) is 2.62. The van der Waals surface area contributed by atoms with Crippen LogP contribution in [0.3, 0.4) is 0 Å². The maximum Gasteiger partial charge on any atom is 0.251 e. The molecule has 1 amide bonds. The standard InChI is InChI=1S/C18H21BrN4O3/c1-25-14-6-7-16(26-2)15(11-14)23-18(20)22-9-8-21-17(24)12-4-3-5-13(19)10-12/h3-7,10-11H,8-9H2,1-2H3,(H,21,24)(H3,20,22,23). The quantitative estimate of drug-likeness (QED) is 0.363. The van der Waals surface area contributed by atoms with Crippen LogP contribution in [0.2, 0.25) is 0 Å². The van der Waals surface area contributed by atoms with E-state index in [4.69, 9.17) is 15.2 Å². The number of hydrogen-bond acceptors (Lipinski definition) is 4. The summed E-state index contributed by atoms with van der Waals surface area (Å²) in [4.78, 5) is 16.2. The number of halogens is 1. The molecule has 0 bridgehead atoms. The summed E-state index contributed by atoms with van der Waals surface area (Å²) in [5.41, 5.74) is 7.12. The number of aliphatic imine (C=N–C) groups is 1. The average Bonchev–Trinajstić information content (AvgIpc) is 2.65. The molecule has 0 heterocycles. The fourth-order valence-electron chi connectivity index (χ4n) is 2.17. The van der Waals surface area contributed by atoms with Crippen LogP contribution in [-0.2, 0) is 0 Å². The third kappa shape index (κ3) is 5.66. The van der Waals surface area contributed by atoms with Gasteiger partial charge >= 0.3 is 0 Å². The molecule has 8 heteroatoms. The van der Waals surface area contributed by atoms with Crippen LogP contribution >= 0.6 is 15.9 Å². The molecular weight excluding hydrogens is 400 g/mol. The molecule has 138 valence electrons. The van der Waals surface area contributed by atoms with Gasteiger partial charge in [-0.3, -0.25) is 9.79 Å². The van der Waals surface area contributed by atoms with Gasteiger partial charge in [-0.05, 0) is 30.3 Å². The Morgan fingerprint density at radius 1 is 1.19 bits per heavy atom. The summed E-state index contributed by atoms with van der Waals surface area (Å²) in [5.74, 6) is 1.34. The number of carbonyl (C=O) groups is 1.